The van der Waals surface area contributed by atoms with E-state index in [9.17, 15) is 0 Å². The summed E-state index contributed by atoms with van der Waals surface area (Å²) in [5.41, 5.74) is 6.78. The van der Waals surface area contributed by atoms with E-state index in [4.69, 9.17) is 28.9 Å². The number of rotatable bonds is 5. The topological polar surface area (TPSA) is 56.7 Å². The van der Waals surface area contributed by atoms with E-state index in [2.05, 4.69) is 28.6 Å². The maximum absolute atomic E-state index is 6.01. The minimum Gasteiger partial charge on any atom is -0.324 e. The Morgan fingerprint density at radius 1 is 1.25 bits per heavy atom. The van der Waals surface area contributed by atoms with Crippen LogP contribution in [0.4, 0.5) is 0 Å². The zero-order valence-corrected chi connectivity index (χ0v) is 13.6. The maximum Gasteiger partial charge on any atom is 0.191 e. The number of aromatic nitrogens is 3. The van der Waals surface area contributed by atoms with Crippen molar-refractivity contribution in [2.45, 2.75) is 37.3 Å². The fourth-order valence-corrected chi connectivity index (χ4v) is 3.19. The van der Waals surface area contributed by atoms with Crippen LogP contribution in [-0.4, -0.2) is 14.8 Å². The quantitative estimate of drug-likeness (QED) is 0.844. The number of hydrogen-bond acceptors (Lipinski definition) is 4. The Hall–Kier alpha value is -0.750. The molecule has 0 bridgehead atoms. The summed E-state index contributed by atoms with van der Waals surface area (Å²) < 4.78 is 2.06. The summed E-state index contributed by atoms with van der Waals surface area (Å²) in [7, 11) is 0. The third-order valence-electron chi connectivity index (χ3n) is 2.79. The first-order valence-corrected chi connectivity index (χ1v) is 7.97. The molecule has 0 aliphatic rings. The van der Waals surface area contributed by atoms with Gasteiger partial charge in [0.25, 0.3) is 0 Å². The SMILES string of the molecule is CC(C)n1c(CN)nnc1SCc1ccc(Cl)c(Cl)c1. The Labute approximate surface area is 132 Å². The van der Waals surface area contributed by atoms with Gasteiger partial charge < -0.3 is 10.3 Å². The molecule has 2 aromatic rings. The van der Waals surface area contributed by atoms with Crippen molar-refractivity contribution in [3.05, 3.63) is 39.6 Å². The maximum atomic E-state index is 6.01. The highest BCUT2D eigenvalue weighted by atomic mass is 35.5. The van der Waals surface area contributed by atoms with Crippen molar-refractivity contribution in [2.75, 3.05) is 0 Å². The minimum absolute atomic E-state index is 0.278. The van der Waals surface area contributed by atoms with Crippen molar-refractivity contribution in [3.8, 4) is 0 Å². The predicted octanol–water partition coefficient (Wildman–Crippen LogP) is 3.92. The van der Waals surface area contributed by atoms with Crippen LogP contribution in [0.2, 0.25) is 10.0 Å². The molecule has 0 saturated carbocycles. The third kappa shape index (κ3) is 3.47. The number of nitrogens with two attached hydrogens (primary N) is 1. The largest absolute Gasteiger partial charge is 0.324 e. The van der Waals surface area contributed by atoms with E-state index < -0.39 is 0 Å². The molecule has 1 heterocycles. The van der Waals surface area contributed by atoms with Crippen LogP contribution in [0.1, 0.15) is 31.3 Å². The van der Waals surface area contributed by atoms with E-state index in [-0.39, 0.29) is 6.04 Å². The lowest BCUT2D eigenvalue weighted by Crippen LogP contribution is -2.11. The van der Waals surface area contributed by atoms with Crippen molar-refractivity contribution in [2.24, 2.45) is 5.73 Å². The van der Waals surface area contributed by atoms with Crippen LogP contribution >= 0.6 is 35.0 Å². The van der Waals surface area contributed by atoms with E-state index in [1.807, 2.05) is 12.1 Å². The molecule has 0 aliphatic heterocycles. The molecule has 108 valence electrons. The van der Waals surface area contributed by atoms with Gasteiger partial charge in [-0.15, -0.1) is 10.2 Å². The molecule has 20 heavy (non-hydrogen) atoms. The Kier molecular flexibility index (Phi) is 5.32. The molecule has 1 aromatic heterocycles. The number of hydrogen-bond donors (Lipinski definition) is 1. The zero-order chi connectivity index (χ0) is 14.7. The number of benzene rings is 1. The van der Waals surface area contributed by atoms with E-state index in [0.29, 0.717) is 16.6 Å². The van der Waals surface area contributed by atoms with Gasteiger partial charge in [0.2, 0.25) is 0 Å². The zero-order valence-electron chi connectivity index (χ0n) is 11.3. The molecule has 0 unspecified atom stereocenters. The molecule has 7 heteroatoms. The number of nitrogens with zero attached hydrogens (tertiary/aromatic N) is 3. The molecule has 0 saturated heterocycles. The van der Waals surface area contributed by atoms with Gasteiger partial charge in [-0.05, 0) is 31.5 Å². The highest BCUT2D eigenvalue weighted by Gasteiger charge is 2.14. The molecule has 0 aliphatic carbocycles. The Morgan fingerprint density at radius 2 is 2.00 bits per heavy atom. The first-order valence-electron chi connectivity index (χ1n) is 6.23. The van der Waals surface area contributed by atoms with E-state index in [0.717, 1.165) is 22.3 Å². The summed E-state index contributed by atoms with van der Waals surface area (Å²) >= 11 is 13.5. The second kappa shape index (κ2) is 6.80. The van der Waals surface area contributed by atoms with Crippen molar-refractivity contribution in [3.63, 3.8) is 0 Å². The second-order valence-corrected chi connectivity index (χ2v) is 6.36. The first-order chi connectivity index (χ1) is 9.52. The normalized spacial score (nSPS) is 11.3. The van der Waals surface area contributed by atoms with E-state index in [1.54, 1.807) is 17.8 Å². The third-order valence-corrected chi connectivity index (χ3v) is 4.54. The van der Waals surface area contributed by atoms with Crippen LogP contribution in [0.5, 0.6) is 0 Å². The molecule has 0 fully saturated rings. The van der Waals surface area contributed by atoms with Gasteiger partial charge in [-0.25, -0.2) is 0 Å². The van der Waals surface area contributed by atoms with Gasteiger partial charge in [-0.1, -0.05) is 41.0 Å². The van der Waals surface area contributed by atoms with Crippen LogP contribution in [-0.2, 0) is 12.3 Å². The van der Waals surface area contributed by atoms with Crippen molar-refractivity contribution in [1.82, 2.24) is 14.8 Å². The molecule has 2 N–H and O–H groups in total. The lowest BCUT2D eigenvalue weighted by Gasteiger charge is -2.12. The fraction of sp³-hybridized carbons (Fsp3) is 0.385. The number of halogens is 2. The smallest absolute Gasteiger partial charge is 0.191 e. The van der Waals surface area contributed by atoms with Gasteiger partial charge in [0.1, 0.15) is 5.82 Å². The van der Waals surface area contributed by atoms with Gasteiger partial charge >= 0.3 is 0 Å². The van der Waals surface area contributed by atoms with E-state index in [1.165, 1.54) is 0 Å². The lowest BCUT2D eigenvalue weighted by molar-refractivity contribution is 0.526. The van der Waals surface area contributed by atoms with Gasteiger partial charge in [0, 0.05) is 11.8 Å². The summed E-state index contributed by atoms with van der Waals surface area (Å²) in [6.07, 6.45) is 0. The predicted molar refractivity (Wildman–Crippen MR) is 84.3 cm³/mol. The first kappa shape index (κ1) is 15.6. The van der Waals surface area contributed by atoms with Crippen LogP contribution < -0.4 is 5.73 Å². The van der Waals surface area contributed by atoms with Gasteiger partial charge in [-0.2, -0.15) is 0 Å². The molecule has 2 rings (SSSR count). The second-order valence-electron chi connectivity index (χ2n) is 4.60. The molecule has 0 radical (unpaired) electrons. The minimum atomic E-state index is 0.278. The van der Waals surface area contributed by atoms with Crippen molar-refractivity contribution < 1.29 is 0 Å². The highest BCUT2D eigenvalue weighted by molar-refractivity contribution is 7.98. The average Bonchev–Trinajstić information content (AvgIpc) is 2.83. The Bertz CT molecular complexity index is 598. The molecule has 4 nitrogen and oxygen atoms in total. The standard InChI is InChI=1S/C13H16Cl2N4S/c1-8(2)19-12(6-16)17-18-13(19)20-7-9-3-4-10(14)11(15)5-9/h3-5,8H,6-7,16H2,1-2H3. The highest BCUT2D eigenvalue weighted by Crippen LogP contribution is 2.28. The molecule has 0 amide bonds. The average molecular weight is 331 g/mol. The van der Waals surface area contributed by atoms with Crippen LogP contribution in [0.3, 0.4) is 0 Å². The van der Waals surface area contributed by atoms with Crippen LogP contribution in [0, 0.1) is 0 Å². The van der Waals surface area contributed by atoms with E-state index >= 15 is 0 Å². The van der Waals surface area contributed by atoms with Gasteiger partial charge in [0.05, 0.1) is 16.6 Å². The van der Waals surface area contributed by atoms with Crippen LogP contribution in [0.15, 0.2) is 23.4 Å². The lowest BCUT2D eigenvalue weighted by atomic mass is 10.2. The Morgan fingerprint density at radius 3 is 2.60 bits per heavy atom. The summed E-state index contributed by atoms with van der Waals surface area (Å²) in [5, 5.41) is 10.3. The molecular formula is C13H16Cl2N4S. The van der Waals surface area contributed by atoms with Gasteiger partial charge in [-0.3, -0.25) is 0 Å². The monoisotopic (exact) mass is 330 g/mol. The molecule has 1 aromatic carbocycles. The van der Waals surface area contributed by atoms with Gasteiger partial charge in [0.15, 0.2) is 5.16 Å². The Balaban J connectivity index is 2.14. The molecule has 0 atom stereocenters. The fourth-order valence-electron chi connectivity index (χ4n) is 1.84. The molecule has 0 spiro atoms. The number of thioether (sulfide) groups is 1. The summed E-state index contributed by atoms with van der Waals surface area (Å²) in [6, 6.07) is 5.91. The van der Waals surface area contributed by atoms with Crippen molar-refractivity contribution in [1.29, 1.82) is 0 Å². The molecular weight excluding hydrogens is 315 g/mol. The summed E-state index contributed by atoms with van der Waals surface area (Å²) in [5.74, 6) is 1.56. The van der Waals surface area contributed by atoms with Crippen molar-refractivity contribution >= 4 is 35.0 Å². The summed E-state index contributed by atoms with van der Waals surface area (Å²) in [4.78, 5) is 0. The summed E-state index contributed by atoms with van der Waals surface area (Å²) in [6.45, 7) is 4.57. The van der Waals surface area contributed by atoms with Crippen LogP contribution in [0.25, 0.3) is 0 Å².